The third-order valence-corrected chi connectivity index (χ3v) is 3.60. The van der Waals surface area contributed by atoms with Crippen LogP contribution in [0.25, 0.3) is 23.6 Å². The number of furan rings is 1. The van der Waals surface area contributed by atoms with E-state index in [1.807, 2.05) is 30.3 Å². The number of carbonyl (C=O) groups is 1. The minimum absolute atomic E-state index is 0.179. The van der Waals surface area contributed by atoms with E-state index in [0.29, 0.717) is 22.4 Å². The number of aromatic nitrogens is 1. The van der Waals surface area contributed by atoms with E-state index in [1.165, 1.54) is 19.3 Å². The monoisotopic (exact) mass is 336 g/mol. The zero-order valence-electron chi connectivity index (χ0n) is 13.1. The van der Waals surface area contributed by atoms with Crippen molar-refractivity contribution in [1.29, 1.82) is 0 Å². The van der Waals surface area contributed by atoms with E-state index in [9.17, 15) is 9.90 Å². The summed E-state index contributed by atoms with van der Waals surface area (Å²) in [4.78, 5) is 19.8. The maximum atomic E-state index is 11.4. The maximum absolute atomic E-state index is 11.4. The number of hydrogen-bond donors (Lipinski definition) is 1. The number of fused-ring (bicyclic) bond motifs is 1. The highest BCUT2D eigenvalue weighted by Gasteiger charge is 2.18. The predicted octanol–water partition coefficient (Wildman–Crippen LogP) is 1.51. The van der Waals surface area contributed by atoms with Crippen molar-refractivity contribution in [2.75, 3.05) is 7.11 Å². The van der Waals surface area contributed by atoms with Gasteiger partial charge in [-0.3, -0.25) is 0 Å². The quantitative estimate of drug-likeness (QED) is 0.728. The summed E-state index contributed by atoms with van der Waals surface area (Å²) < 4.78 is 15.5. The van der Waals surface area contributed by atoms with Gasteiger partial charge < -0.3 is 18.7 Å². The Bertz CT molecular complexity index is 1110. The third kappa shape index (κ3) is 2.72. The Morgan fingerprint density at radius 1 is 1.24 bits per heavy atom. The SMILES string of the molecule is COC(=O)C1=Nc2c/c(=C\c3nc(-c4ccccc4)oc3O)oc2=C1. The molecule has 25 heavy (non-hydrogen) atoms. The molecule has 1 aliphatic rings. The topological polar surface area (TPSA) is 98.1 Å². The minimum Gasteiger partial charge on any atom is -0.479 e. The van der Waals surface area contributed by atoms with Gasteiger partial charge in [-0.15, -0.1) is 0 Å². The molecular weight excluding hydrogens is 324 g/mol. The zero-order valence-corrected chi connectivity index (χ0v) is 13.1. The van der Waals surface area contributed by atoms with Crippen LogP contribution in [-0.2, 0) is 9.53 Å². The first-order valence-electron chi connectivity index (χ1n) is 7.39. The molecule has 0 radical (unpaired) electrons. The Morgan fingerprint density at radius 3 is 2.76 bits per heavy atom. The molecule has 1 aliphatic heterocycles. The first-order chi connectivity index (χ1) is 12.1. The normalized spacial score (nSPS) is 13.3. The largest absolute Gasteiger partial charge is 0.479 e. The fourth-order valence-electron chi connectivity index (χ4n) is 2.43. The summed E-state index contributed by atoms with van der Waals surface area (Å²) in [5, 5.41) is 9.95. The van der Waals surface area contributed by atoms with E-state index >= 15 is 0 Å². The molecule has 0 fully saturated rings. The zero-order chi connectivity index (χ0) is 17.4. The van der Waals surface area contributed by atoms with E-state index in [4.69, 9.17) is 8.83 Å². The number of aromatic hydroxyl groups is 1. The van der Waals surface area contributed by atoms with Crippen LogP contribution in [0.15, 0.2) is 50.2 Å². The van der Waals surface area contributed by atoms with E-state index in [-0.39, 0.29) is 17.4 Å². The number of esters is 1. The Morgan fingerprint density at radius 2 is 2.04 bits per heavy atom. The lowest BCUT2D eigenvalue weighted by atomic mass is 10.2. The van der Waals surface area contributed by atoms with Gasteiger partial charge in [-0.1, -0.05) is 18.2 Å². The van der Waals surface area contributed by atoms with Crippen LogP contribution in [0.2, 0.25) is 0 Å². The Labute approximate surface area is 141 Å². The van der Waals surface area contributed by atoms with Crippen LogP contribution in [0, 0.1) is 0 Å². The maximum Gasteiger partial charge on any atom is 0.356 e. The molecule has 3 heterocycles. The predicted molar refractivity (Wildman–Crippen MR) is 88.7 cm³/mol. The molecule has 2 aromatic heterocycles. The molecule has 3 aromatic rings. The smallest absolute Gasteiger partial charge is 0.356 e. The Balaban J connectivity index is 1.69. The van der Waals surface area contributed by atoms with Crippen LogP contribution in [0.3, 0.4) is 0 Å². The van der Waals surface area contributed by atoms with Gasteiger partial charge in [-0.05, 0) is 12.1 Å². The van der Waals surface area contributed by atoms with E-state index < -0.39 is 5.97 Å². The number of aliphatic imine (C=N–C) groups is 1. The fourth-order valence-corrected chi connectivity index (χ4v) is 2.43. The molecule has 0 atom stereocenters. The lowest BCUT2D eigenvalue weighted by molar-refractivity contribution is -0.132. The number of oxazole rings is 1. The van der Waals surface area contributed by atoms with Crippen molar-refractivity contribution in [3.63, 3.8) is 0 Å². The molecule has 124 valence electrons. The molecule has 0 aliphatic carbocycles. The van der Waals surface area contributed by atoms with Crippen molar-refractivity contribution in [2.24, 2.45) is 4.99 Å². The van der Waals surface area contributed by atoms with Gasteiger partial charge in [0.1, 0.15) is 11.1 Å². The van der Waals surface area contributed by atoms with E-state index in [1.54, 1.807) is 6.07 Å². The Hall–Kier alpha value is -3.61. The molecule has 0 saturated heterocycles. The number of carbonyl (C=O) groups excluding carboxylic acids is 1. The van der Waals surface area contributed by atoms with Crippen molar-refractivity contribution in [3.05, 3.63) is 52.9 Å². The van der Waals surface area contributed by atoms with Gasteiger partial charge in [0.25, 0.3) is 0 Å². The van der Waals surface area contributed by atoms with Crippen LogP contribution in [-0.4, -0.2) is 28.9 Å². The molecule has 0 amide bonds. The van der Waals surface area contributed by atoms with E-state index in [2.05, 4.69) is 14.7 Å². The Kier molecular flexibility index (Phi) is 3.46. The highest BCUT2D eigenvalue weighted by atomic mass is 16.5. The van der Waals surface area contributed by atoms with Gasteiger partial charge in [0.2, 0.25) is 5.89 Å². The van der Waals surface area contributed by atoms with Gasteiger partial charge in [0, 0.05) is 23.8 Å². The van der Waals surface area contributed by atoms with Crippen molar-refractivity contribution < 1.29 is 23.5 Å². The van der Waals surface area contributed by atoms with Crippen molar-refractivity contribution in [1.82, 2.24) is 4.98 Å². The summed E-state index contributed by atoms with van der Waals surface area (Å²) in [6.45, 7) is 0. The number of hydrogen-bond acceptors (Lipinski definition) is 7. The molecule has 7 nitrogen and oxygen atoms in total. The second-order valence-electron chi connectivity index (χ2n) is 5.25. The number of methoxy groups -OCH3 is 1. The molecule has 7 heteroatoms. The standard InChI is InChI=1S/C18H12N2O5/c1-23-17(21)14-9-15-12(19-14)7-11(24-15)8-13-18(22)25-16(20-13)10-5-3-2-4-6-10/h2-9,22H,1H3/b11-8+. The molecule has 1 N–H and O–H groups in total. The summed E-state index contributed by atoms with van der Waals surface area (Å²) in [7, 11) is 1.29. The minimum atomic E-state index is -0.529. The van der Waals surface area contributed by atoms with Gasteiger partial charge >= 0.3 is 11.9 Å². The number of benzene rings is 1. The van der Waals surface area contributed by atoms with Crippen molar-refractivity contribution >= 4 is 29.5 Å². The number of ether oxygens (including phenoxy) is 1. The fraction of sp³-hybridized carbons (Fsp3) is 0.0556. The summed E-state index contributed by atoms with van der Waals surface area (Å²) >= 11 is 0. The summed E-state index contributed by atoms with van der Waals surface area (Å²) in [5.74, 6) is -0.530. The lowest BCUT2D eigenvalue weighted by Gasteiger charge is -1.92. The molecule has 0 bridgehead atoms. The second kappa shape index (κ2) is 5.79. The molecular formula is C18H12N2O5. The molecule has 0 spiro atoms. The lowest BCUT2D eigenvalue weighted by Crippen LogP contribution is -2.12. The van der Waals surface area contributed by atoms with E-state index in [0.717, 1.165) is 5.56 Å². The summed E-state index contributed by atoms with van der Waals surface area (Å²) in [6.07, 6.45) is 3.03. The van der Waals surface area contributed by atoms with Crippen molar-refractivity contribution in [2.45, 2.75) is 0 Å². The molecule has 4 rings (SSSR count). The highest BCUT2D eigenvalue weighted by Crippen LogP contribution is 2.26. The van der Waals surface area contributed by atoms with Crippen LogP contribution >= 0.6 is 0 Å². The van der Waals surface area contributed by atoms with Crippen molar-refractivity contribution in [3.8, 4) is 17.4 Å². The van der Waals surface area contributed by atoms with Gasteiger partial charge in [0.15, 0.2) is 16.8 Å². The first-order valence-corrected chi connectivity index (χ1v) is 7.39. The van der Waals surface area contributed by atoms with Crippen LogP contribution in [0.4, 0.5) is 5.69 Å². The van der Waals surface area contributed by atoms with Gasteiger partial charge in [-0.2, -0.15) is 0 Å². The van der Waals surface area contributed by atoms with Gasteiger partial charge in [-0.25, -0.2) is 14.8 Å². The second-order valence-corrected chi connectivity index (χ2v) is 5.25. The molecule has 0 saturated carbocycles. The van der Waals surface area contributed by atoms with Crippen LogP contribution in [0.5, 0.6) is 5.95 Å². The third-order valence-electron chi connectivity index (χ3n) is 3.60. The molecule has 1 aromatic carbocycles. The number of nitrogens with zero attached hydrogens (tertiary/aromatic N) is 2. The first kappa shape index (κ1) is 14.9. The van der Waals surface area contributed by atoms with Gasteiger partial charge in [0.05, 0.1) is 7.11 Å². The van der Waals surface area contributed by atoms with Crippen LogP contribution in [0.1, 0.15) is 5.69 Å². The summed E-state index contributed by atoms with van der Waals surface area (Å²) in [5.41, 5.74) is 2.55. The number of rotatable bonds is 3. The average molecular weight is 336 g/mol. The highest BCUT2D eigenvalue weighted by molar-refractivity contribution is 6.49. The summed E-state index contributed by atoms with van der Waals surface area (Å²) in [6, 6.07) is 10.9. The van der Waals surface area contributed by atoms with Crippen LogP contribution < -0.4 is 10.8 Å². The molecule has 0 unspecified atom stereocenters. The average Bonchev–Trinajstić information content (AvgIpc) is 3.29.